The Kier molecular flexibility index (Phi) is 5.70. The molecule has 2 aliphatic rings. The fraction of sp³-hybridized carbons (Fsp3) is 0.227. The SMILES string of the molecule is CCC1=CN2C(=NC(N)=C(c3ccc([N+](=O)[O-])cc3)C2c2cc(OC)c(O)c(OC)c2)S1. The van der Waals surface area contributed by atoms with Gasteiger partial charge in [-0.25, -0.2) is 4.99 Å². The van der Waals surface area contributed by atoms with Crippen LogP contribution in [-0.2, 0) is 0 Å². The molecule has 0 fully saturated rings. The number of nitro benzene ring substituents is 1. The van der Waals surface area contributed by atoms with Crippen molar-refractivity contribution in [1.29, 1.82) is 0 Å². The third-order valence-corrected chi connectivity index (χ3v) is 6.47. The standard InChI is InChI=1S/C22H22N4O5S/c1-4-15-11-25-19(13-9-16(30-2)20(27)17(10-13)31-3)18(21(23)24-22(25)32-15)12-5-7-14(8-6-12)26(28)29/h5-11,19,27H,4,23H2,1-3H3. The summed E-state index contributed by atoms with van der Waals surface area (Å²) in [4.78, 5) is 18.4. The molecule has 0 radical (unpaired) electrons. The molecule has 0 aromatic heterocycles. The van der Waals surface area contributed by atoms with E-state index in [2.05, 4.69) is 11.9 Å². The van der Waals surface area contributed by atoms with E-state index < -0.39 is 11.0 Å². The number of phenolic OH excluding ortho intramolecular Hbond substituents is 1. The number of aliphatic imine (C=N–C) groups is 1. The topological polar surface area (TPSA) is 123 Å². The molecule has 1 unspecified atom stereocenters. The summed E-state index contributed by atoms with van der Waals surface area (Å²) in [5.41, 5.74) is 8.57. The van der Waals surface area contributed by atoms with Crippen molar-refractivity contribution in [3.63, 3.8) is 0 Å². The van der Waals surface area contributed by atoms with Crippen molar-refractivity contribution in [1.82, 2.24) is 4.90 Å². The van der Waals surface area contributed by atoms with Crippen molar-refractivity contribution in [2.45, 2.75) is 19.4 Å². The highest BCUT2D eigenvalue weighted by Gasteiger charge is 2.37. The molecule has 166 valence electrons. The number of aromatic hydroxyl groups is 1. The van der Waals surface area contributed by atoms with E-state index in [9.17, 15) is 15.2 Å². The minimum Gasteiger partial charge on any atom is -0.502 e. The van der Waals surface area contributed by atoms with Gasteiger partial charge in [0.2, 0.25) is 5.75 Å². The van der Waals surface area contributed by atoms with Crippen molar-refractivity contribution in [2.24, 2.45) is 10.7 Å². The van der Waals surface area contributed by atoms with Gasteiger partial charge in [-0.05, 0) is 41.8 Å². The summed E-state index contributed by atoms with van der Waals surface area (Å²) in [6.07, 6.45) is 2.86. The summed E-state index contributed by atoms with van der Waals surface area (Å²) in [5, 5.41) is 22.2. The normalized spacial score (nSPS) is 17.6. The average molecular weight is 455 g/mol. The number of fused-ring (bicyclic) bond motifs is 1. The Bertz CT molecular complexity index is 1150. The maximum atomic E-state index is 11.1. The molecule has 0 bridgehead atoms. The van der Waals surface area contributed by atoms with E-state index in [4.69, 9.17) is 15.2 Å². The van der Waals surface area contributed by atoms with E-state index in [1.807, 2.05) is 11.1 Å². The van der Waals surface area contributed by atoms with E-state index >= 15 is 0 Å². The number of non-ortho nitro benzene ring substituents is 1. The van der Waals surface area contributed by atoms with Gasteiger partial charge in [-0.1, -0.05) is 18.7 Å². The first-order valence-corrected chi connectivity index (χ1v) is 10.6. The second-order valence-corrected chi connectivity index (χ2v) is 8.23. The predicted molar refractivity (Wildman–Crippen MR) is 123 cm³/mol. The Balaban J connectivity index is 1.92. The summed E-state index contributed by atoms with van der Waals surface area (Å²) in [5.74, 6) is 0.741. The molecule has 2 heterocycles. The number of amidine groups is 1. The number of nitro groups is 1. The zero-order valence-corrected chi connectivity index (χ0v) is 18.5. The third kappa shape index (κ3) is 3.62. The molecular formula is C22H22N4O5S. The molecule has 2 aliphatic heterocycles. The van der Waals surface area contributed by atoms with Crippen molar-refractivity contribution in [3.8, 4) is 17.2 Å². The lowest BCUT2D eigenvalue weighted by atomic mass is 9.90. The van der Waals surface area contributed by atoms with Gasteiger partial charge in [-0.3, -0.25) is 10.1 Å². The second kappa shape index (κ2) is 8.46. The minimum atomic E-state index is -0.445. The van der Waals surface area contributed by atoms with Crippen LogP contribution >= 0.6 is 11.8 Å². The van der Waals surface area contributed by atoms with Gasteiger partial charge in [0.15, 0.2) is 16.7 Å². The minimum absolute atomic E-state index is 0.0117. The van der Waals surface area contributed by atoms with Gasteiger partial charge in [0, 0.05) is 28.8 Å². The monoisotopic (exact) mass is 454 g/mol. The Hall–Kier alpha value is -3.66. The van der Waals surface area contributed by atoms with E-state index in [-0.39, 0.29) is 22.9 Å². The molecule has 0 saturated carbocycles. The number of ether oxygens (including phenoxy) is 2. The average Bonchev–Trinajstić information content (AvgIpc) is 3.21. The van der Waals surface area contributed by atoms with Crippen LogP contribution in [0.25, 0.3) is 5.57 Å². The summed E-state index contributed by atoms with van der Waals surface area (Å²) in [6, 6.07) is 9.25. The van der Waals surface area contributed by atoms with Crippen LogP contribution in [0.5, 0.6) is 17.2 Å². The van der Waals surface area contributed by atoms with Gasteiger partial charge in [-0.15, -0.1) is 0 Å². The quantitative estimate of drug-likeness (QED) is 0.488. The summed E-state index contributed by atoms with van der Waals surface area (Å²) >= 11 is 1.55. The molecule has 0 saturated heterocycles. The Morgan fingerprint density at radius 1 is 1.22 bits per heavy atom. The molecule has 10 heteroatoms. The summed E-state index contributed by atoms with van der Waals surface area (Å²) < 4.78 is 10.7. The van der Waals surface area contributed by atoms with Crippen LogP contribution < -0.4 is 15.2 Å². The maximum absolute atomic E-state index is 11.1. The van der Waals surface area contributed by atoms with Crippen LogP contribution in [0.2, 0.25) is 0 Å². The zero-order chi connectivity index (χ0) is 23.0. The predicted octanol–water partition coefficient (Wildman–Crippen LogP) is 4.36. The molecule has 3 N–H and O–H groups in total. The molecule has 0 amide bonds. The highest BCUT2D eigenvalue weighted by Crippen LogP contribution is 2.49. The van der Waals surface area contributed by atoms with Gasteiger partial charge in [0.05, 0.1) is 25.2 Å². The third-order valence-electron chi connectivity index (χ3n) is 5.33. The van der Waals surface area contributed by atoms with Crippen LogP contribution in [-0.4, -0.2) is 34.3 Å². The van der Waals surface area contributed by atoms with Crippen LogP contribution in [0.1, 0.15) is 30.5 Å². The number of methoxy groups -OCH3 is 2. The number of phenols is 1. The number of rotatable bonds is 6. The van der Waals surface area contributed by atoms with E-state index in [1.54, 1.807) is 36.0 Å². The highest BCUT2D eigenvalue weighted by atomic mass is 32.2. The zero-order valence-electron chi connectivity index (χ0n) is 17.7. The summed E-state index contributed by atoms with van der Waals surface area (Å²) in [7, 11) is 2.93. The van der Waals surface area contributed by atoms with Crippen LogP contribution in [0.4, 0.5) is 5.69 Å². The molecule has 0 spiro atoms. The Labute approximate surface area is 189 Å². The van der Waals surface area contributed by atoms with E-state index in [1.165, 1.54) is 26.4 Å². The van der Waals surface area contributed by atoms with Crippen molar-refractivity contribution >= 4 is 28.2 Å². The molecule has 2 aromatic carbocycles. The summed E-state index contributed by atoms with van der Waals surface area (Å²) in [6.45, 7) is 2.06. The number of allylic oxidation sites excluding steroid dienone is 1. The molecule has 2 aromatic rings. The molecule has 32 heavy (non-hydrogen) atoms. The van der Waals surface area contributed by atoms with Gasteiger partial charge < -0.3 is 25.2 Å². The molecule has 1 atom stereocenters. The first kappa shape index (κ1) is 21.6. The first-order valence-electron chi connectivity index (χ1n) is 9.82. The molecule has 9 nitrogen and oxygen atoms in total. The van der Waals surface area contributed by atoms with Crippen LogP contribution in [0, 0.1) is 10.1 Å². The highest BCUT2D eigenvalue weighted by molar-refractivity contribution is 8.17. The number of hydrogen-bond donors (Lipinski definition) is 2. The molecule has 4 rings (SSSR count). The van der Waals surface area contributed by atoms with Gasteiger partial charge >= 0.3 is 0 Å². The first-order chi connectivity index (χ1) is 15.4. The lowest BCUT2D eigenvalue weighted by Gasteiger charge is -2.34. The Morgan fingerprint density at radius 3 is 2.38 bits per heavy atom. The van der Waals surface area contributed by atoms with Crippen molar-refractivity contribution < 1.29 is 19.5 Å². The van der Waals surface area contributed by atoms with Gasteiger partial charge in [0.1, 0.15) is 5.82 Å². The lowest BCUT2D eigenvalue weighted by Crippen LogP contribution is -2.32. The molecular weight excluding hydrogens is 432 g/mol. The number of hydrogen-bond acceptors (Lipinski definition) is 9. The van der Waals surface area contributed by atoms with E-state index in [0.717, 1.165) is 22.1 Å². The fourth-order valence-electron chi connectivity index (χ4n) is 3.75. The number of nitrogens with two attached hydrogens (primary N) is 1. The van der Waals surface area contributed by atoms with E-state index in [0.29, 0.717) is 17.0 Å². The number of benzene rings is 2. The smallest absolute Gasteiger partial charge is 0.269 e. The van der Waals surface area contributed by atoms with Gasteiger partial charge in [0.25, 0.3) is 5.69 Å². The lowest BCUT2D eigenvalue weighted by molar-refractivity contribution is -0.384. The van der Waals surface area contributed by atoms with Crippen LogP contribution in [0.15, 0.2) is 58.3 Å². The Morgan fingerprint density at radius 2 is 1.84 bits per heavy atom. The van der Waals surface area contributed by atoms with Crippen molar-refractivity contribution in [2.75, 3.05) is 14.2 Å². The number of thioether (sulfide) groups is 1. The van der Waals surface area contributed by atoms with Gasteiger partial charge in [-0.2, -0.15) is 0 Å². The largest absolute Gasteiger partial charge is 0.502 e. The maximum Gasteiger partial charge on any atom is 0.269 e. The fourth-order valence-corrected chi connectivity index (χ4v) is 4.70. The molecule has 0 aliphatic carbocycles. The van der Waals surface area contributed by atoms with Crippen molar-refractivity contribution in [3.05, 3.63) is 74.6 Å². The number of nitrogens with zero attached hydrogens (tertiary/aromatic N) is 3. The second-order valence-electron chi connectivity index (χ2n) is 7.13. The van der Waals surface area contributed by atoms with Crippen LogP contribution in [0.3, 0.4) is 0 Å².